The number of hydrogen-bond donors (Lipinski definition) is 1. The van der Waals surface area contributed by atoms with E-state index in [-0.39, 0.29) is 48.1 Å². The van der Waals surface area contributed by atoms with Crippen molar-refractivity contribution in [3.63, 3.8) is 0 Å². The highest BCUT2D eigenvalue weighted by molar-refractivity contribution is 6.32. The maximum atomic E-state index is 13.3. The normalized spacial score (nSPS) is 17.8. The third kappa shape index (κ3) is 5.50. The Labute approximate surface area is 242 Å². The number of carboxylic acids is 1. The molecule has 0 saturated carbocycles. The molecular weight excluding hydrogens is 581 g/mol. The molecule has 0 fully saturated rings. The molecule has 2 aliphatic carbocycles. The lowest BCUT2D eigenvalue weighted by molar-refractivity contribution is -0.385. The van der Waals surface area contributed by atoms with Crippen LogP contribution in [0.2, 0.25) is 5.02 Å². The summed E-state index contributed by atoms with van der Waals surface area (Å²) < 4.78 is 44.9. The molecular formula is C29H24ClF3N2O7. The van der Waals surface area contributed by atoms with Gasteiger partial charge in [-0.1, -0.05) is 17.7 Å². The van der Waals surface area contributed by atoms with Gasteiger partial charge in [0.05, 0.1) is 21.9 Å². The number of allylic oxidation sites excluding steroid dienone is 4. The standard InChI is InChI=1S/C29H24ClF3N2O7/c30-17-13-15(7-9-23(17)42-24-10-8-16(29(31,32)33)14-20(24)35(40)41)26-27-18(3-1-5-21(27)36)34(12-11-25(38)39)19-4-2-6-22(37)28(19)26/h7-10,13-14,26H,1-6,11-12H2,(H,38,39). The number of nitrogens with zero attached hydrogens (tertiary/aromatic N) is 2. The van der Waals surface area contributed by atoms with E-state index < -0.39 is 40.0 Å². The van der Waals surface area contributed by atoms with Crippen LogP contribution in [-0.4, -0.2) is 39.0 Å². The van der Waals surface area contributed by atoms with Gasteiger partial charge in [0.25, 0.3) is 0 Å². The molecule has 5 rings (SSSR count). The van der Waals surface area contributed by atoms with Crippen molar-refractivity contribution >= 4 is 34.8 Å². The average Bonchev–Trinajstić information content (AvgIpc) is 2.92. The average molecular weight is 605 g/mol. The summed E-state index contributed by atoms with van der Waals surface area (Å²) in [7, 11) is 0. The number of ether oxygens (including phenoxy) is 1. The van der Waals surface area contributed by atoms with Crippen molar-refractivity contribution in [3.05, 3.63) is 85.2 Å². The number of rotatable bonds is 7. The van der Waals surface area contributed by atoms with Crippen molar-refractivity contribution in [2.75, 3.05) is 6.54 Å². The zero-order valence-corrected chi connectivity index (χ0v) is 22.8. The van der Waals surface area contributed by atoms with Gasteiger partial charge in [-0.25, -0.2) is 0 Å². The lowest BCUT2D eigenvalue weighted by Gasteiger charge is -2.44. The first-order valence-corrected chi connectivity index (χ1v) is 13.6. The van der Waals surface area contributed by atoms with E-state index in [1.807, 2.05) is 4.90 Å². The van der Waals surface area contributed by atoms with Crippen molar-refractivity contribution in [1.29, 1.82) is 0 Å². The lowest BCUT2D eigenvalue weighted by Crippen LogP contribution is -2.39. The Morgan fingerprint density at radius 3 is 2.12 bits per heavy atom. The van der Waals surface area contributed by atoms with E-state index in [0.717, 1.165) is 6.07 Å². The molecule has 0 unspecified atom stereocenters. The molecule has 3 aliphatic rings. The number of benzene rings is 2. The molecule has 0 saturated heterocycles. The zero-order chi connectivity index (χ0) is 30.3. The summed E-state index contributed by atoms with van der Waals surface area (Å²) in [4.78, 5) is 50.4. The number of alkyl halides is 3. The molecule has 1 N–H and O–H groups in total. The number of carbonyl (C=O) groups excluding carboxylic acids is 2. The quantitative estimate of drug-likeness (QED) is 0.266. The Bertz CT molecular complexity index is 1540. The van der Waals surface area contributed by atoms with E-state index in [1.165, 1.54) is 12.1 Å². The summed E-state index contributed by atoms with van der Waals surface area (Å²) in [5, 5.41) is 20.8. The van der Waals surface area contributed by atoms with Crippen LogP contribution < -0.4 is 4.74 Å². The van der Waals surface area contributed by atoms with Crippen LogP contribution >= 0.6 is 11.6 Å². The summed E-state index contributed by atoms with van der Waals surface area (Å²) >= 11 is 6.52. The largest absolute Gasteiger partial charge is 0.481 e. The molecule has 1 aliphatic heterocycles. The molecule has 1 heterocycles. The van der Waals surface area contributed by atoms with E-state index in [0.29, 0.717) is 65.9 Å². The van der Waals surface area contributed by atoms with Gasteiger partial charge in [-0.05, 0) is 55.5 Å². The monoisotopic (exact) mass is 604 g/mol. The number of Topliss-reactive ketones (excluding diaryl/α,β-unsaturated/α-hetero) is 2. The van der Waals surface area contributed by atoms with Crippen LogP contribution in [0.4, 0.5) is 18.9 Å². The van der Waals surface area contributed by atoms with Gasteiger partial charge < -0.3 is 14.7 Å². The van der Waals surface area contributed by atoms with Crippen LogP contribution in [0, 0.1) is 10.1 Å². The van der Waals surface area contributed by atoms with Crippen LogP contribution in [0.25, 0.3) is 0 Å². The fourth-order valence-electron chi connectivity index (χ4n) is 5.85. The number of carbonyl (C=O) groups is 3. The molecule has 0 radical (unpaired) electrons. The molecule has 0 spiro atoms. The second-order valence-electron chi connectivity index (χ2n) is 10.2. The van der Waals surface area contributed by atoms with Gasteiger partial charge in [-0.3, -0.25) is 24.5 Å². The van der Waals surface area contributed by atoms with E-state index in [4.69, 9.17) is 16.3 Å². The number of nitro groups is 1. The molecule has 9 nitrogen and oxygen atoms in total. The topological polar surface area (TPSA) is 127 Å². The first kappa shape index (κ1) is 29.3. The van der Waals surface area contributed by atoms with Gasteiger partial charge in [0, 0.05) is 53.9 Å². The fourth-order valence-corrected chi connectivity index (χ4v) is 6.08. The third-order valence-corrected chi connectivity index (χ3v) is 7.92. The van der Waals surface area contributed by atoms with Gasteiger partial charge >= 0.3 is 17.8 Å². The highest BCUT2D eigenvalue weighted by Crippen LogP contribution is 2.50. The number of hydrogen-bond acceptors (Lipinski definition) is 7. The summed E-state index contributed by atoms with van der Waals surface area (Å²) in [6.45, 7) is 0.125. The Balaban J connectivity index is 1.56. The molecule has 13 heteroatoms. The van der Waals surface area contributed by atoms with E-state index in [9.17, 15) is 42.8 Å². The summed E-state index contributed by atoms with van der Waals surface area (Å²) in [5.74, 6) is -2.57. The molecule has 0 amide bonds. The van der Waals surface area contributed by atoms with Crippen LogP contribution in [0.15, 0.2) is 58.9 Å². The van der Waals surface area contributed by atoms with Gasteiger partial charge in [-0.2, -0.15) is 13.2 Å². The number of carboxylic acid groups (broad SMARTS) is 1. The van der Waals surface area contributed by atoms with Gasteiger partial charge in [0.15, 0.2) is 11.6 Å². The number of aliphatic carboxylic acids is 1. The summed E-state index contributed by atoms with van der Waals surface area (Å²) in [6.07, 6.45) is -2.18. The minimum absolute atomic E-state index is 0.0363. The first-order valence-electron chi connectivity index (χ1n) is 13.2. The number of nitro benzene ring substituents is 1. The number of halogens is 4. The van der Waals surface area contributed by atoms with Gasteiger partial charge in [-0.15, -0.1) is 0 Å². The molecule has 2 aromatic carbocycles. The van der Waals surface area contributed by atoms with E-state index in [2.05, 4.69) is 0 Å². The second kappa shape index (κ2) is 11.2. The zero-order valence-electron chi connectivity index (χ0n) is 22.0. The highest BCUT2D eigenvalue weighted by Gasteiger charge is 2.43. The smallest absolute Gasteiger partial charge is 0.416 e. The van der Waals surface area contributed by atoms with Crippen molar-refractivity contribution < 1.29 is 42.3 Å². The van der Waals surface area contributed by atoms with E-state index in [1.54, 1.807) is 6.07 Å². The highest BCUT2D eigenvalue weighted by atomic mass is 35.5. The molecule has 220 valence electrons. The fraction of sp³-hybridized carbons (Fsp3) is 0.345. The maximum absolute atomic E-state index is 13.3. The van der Waals surface area contributed by atoms with E-state index >= 15 is 0 Å². The molecule has 0 bridgehead atoms. The van der Waals surface area contributed by atoms with Gasteiger partial charge in [0.2, 0.25) is 5.75 Å². The molecule has 0 aromatic heterocycles. The predicted octanol–water partition coefficient (Wildman–Crippen LogP) is 6.95. The molecule has 0 atom stereocenters. The summed E-state index contributed by atoms with van der Waals surface area (Å²) in [6, 6.07) is 6.30. The van der Waals surface area contributed by atoms with Crippen molar-refractivity contribution in [1.82, 2.24) is 4.90 Å². The van der Waals surface area contributed by atoms with Crippen LogP contribution in [0.3, 0.4) is 0 Å². The predicted molar refractivity (Wildman–Crippen MR) is 143 cm³/mol. The Hall–Kier alpha value is -4.19. The lowest BCUT2D eigenvalue weighted by atomic mass is 9.71. The maximum Gasteiger partial charge on any atom is 0.416 e. The first-order chi connectivity index (χ1) is 19.9. The van der Waals surface area contributed by atoms with Crippen LogP contribution in [0.5, 0.6) is 11.5 Å². The Morgan fingerprint density at radius 2 is 1.60 bits per heavy atom. The third-order valence-electron chi connectivity index (χ3n) is 7.63. The van der Waals surface area contributed by atoms with Crippen LogP contribution in [-0.2, 0) is 20.6 Å². The number of ketones is 2. The second-order valence-corrected chi connectivity index (χ2v) is 10.6. The summed E-state index contributed by atoms with van der Waals surface area (Å²) in [5.41, 5.74) is 0.625. The Kier molecular flexibility index (Phi) is 7.84. The minimum atomic E-state index is -4.79. The van der Waals surface area contributed by atoms with Crippen molar-refractivity contribution in [2.45, 2.75) is 57.0 Å². The molecule has 42 heavy (non-hydrogen) atoms. The van der Waals surface area contributed by atoms with Gasteiger partial charge in [0.1, 0.15) is 5.75 Å². The van der Waals surface area contributed by atoms with Crippen molar-refractivity contribution in [3.8, 4) is 11.5 Å². The molecule has 2 aromatic rings. The SMILES string of the molecule is O=C(O)CCN1C2=C(C(=O)CCC2)C(c2ccc(Oc3ccc(C(F)(F)F)cc3[N+](=O)[O-])c(Cl)c2)C2=C1CCCC2=O. The minimum Gasteiger partial charge on any atom is -0.481 e. The van der Waals surface area contributed by atoms with Crippen LogP contribution in [0.1, 0.15) is 62.0 Å². The van der Waals surface area contributed by atoms with Crippen molar-refractivity contribution in [2.24, 2.45) is 0 Å². The Morgan fingerprint density at radius 1 is 1.00 bits per heavy atom.